The summed E-state index contributed by atoms with van der Waals surface area (Å²) in [4.78, 5) is 7.98. The zero-order chi connectivity index (χ0) is 12.1. The lowest BCUT2D eigenvalue weighted by atomic mass is 10.1. The molecule has 0 bridgehead atoms. The minimum Gasteiger partial charge on any atom is -0.490 e. The molecule has 0 aromatic carbocycles. The van der Waals surface area contributed by atoms with Gasteiger partial charge < -0.3 is 14.8 Å². The van der Waals surface area contributed by atoms with Crippen molar-refractivity contribution in [3.63, 3.8) is 0 Å². The summed E-state index contributed by atoms with van der Waals surface area (Å²) in [6.07, 6.45) is 3.62. The largest absolute Gasteiger partial charge is 0.490 e. The summed E-state index contributed by atoms with van der Waals surface area (Å²) in [6, 6.07) is 0. The summed E-state index contributed by atoms with van der Waals surface area (Å²) >= 11 is 5.90. The molecule has 1 aromatic heterocycles. The third-order valence-corrected chi connectivity index (χ3v) is 3.10. The highest BCUT2D eigenvalue weighted by molar-refractivity contribution is 6.31. The molecular weight excluding hydrogens is 242 g/mol. The Morgan fingerprint density at radius 3 is 3.18 bits per heavy atom. The molecule has 0 saturated carbocycles. The second-order valence-corrected chi connectivity index (χ2v) is 4.35. The summed E-state index contributed by atoms with van der Waals surface area (Å²) in [5.41, 5.74) is 0. The van der Waals surface area contributed by atoms with Gasteiger partial charge in [0.2, 0.25) is 0 Å². The highest BCUT2D eigenvalue weighted by Crippen LogP contribution is 2.28. The summed E-state index contributed by atoms with van der Waals surface area (Å²) < 4.78 is 10.5. The number of nitrogens with zero attached hydrogens (tertiary/aromatic N) is 2. The zero-order valence-electron chi connectivity index (χ0n) is 9.78. The van der Waals surface area contributed by atoms with Crippen LogP contribution in [0.2, 0.25) is 5.15 Å². The molecule has 1 aliphatic heterocycles. The van der Waals surface area contributed by atoms with E-state index < -0.39 is 0 Å². The van der Waals surface area contributed by atoms with Crippen molar-refractivity contribution >= 4 is 17.4 Å². The highest BCUT2D eigenvalue weighted by Gasteiger charge is 2.16. The smallest absolute Gasteiger partial charge is 0.198 e. The van der Waals surface area contributed by atoms with Crippen molar-refractivity contribution in [3.8, 4) is 5.75 Å². The van der Waals surface area contributed by atoms with Gasteiger partial charge in [0.05, 0.1) is 7.11 Å². The minimum absolute atomic E-state index is 0.328. The second kappa shape index (κ2) is 6.02. The fraction of sp³-hybridized carbons (Fsp3) is 0.636. The molecule has 1 fully saturated rings. The lowest BCUT2D eigenvalue weighted by Crippen LogP contribution is -2.11. The number of hydrogen-bond donors (Lipinski definition) is 1. The molecule has 0 amide bonds. The Bertz CT molecular complexity index is 370. The van der Waals surface area contributed by atoms with Crippen LogP contribution in [0, 0.1) is 5.92 Å². The van der Waals surface area contributed by atoms with Crippen molar-refractivity contribution in [1.29, 1.82) is 0 Å². The van der Waals surface area contributed by atoms with Crippen molar-refractivity contribution < 1.29 is 9.47 Å². The fourth-order valence-corrected chi connectivity index (χ4v) is 2.08. The van der Waals surface area contributed by atoms with Gasteiger partial charge in [-0.25, -0.2) is 9.97 Å². The maximum atomic E-state index is 5.90. The number of rotatable bonds is 5. The van der Waals surface area contributed by atoms with Crippen LogP contribution in [0.3, 0.4) is 0 Å². The average molecular weight is 258 g/mol. The maximum absolute atomic E-state index is 5.90. The maximum Gasteiger partial charge on any atom is 0.198 e. The van der Waals surface area contributed by atoms with Gasteiger partial charge in [-0.1, -0.05) is 11.6 Å². The standard InChI is InChI=1S/C11H16ClN3O2/c1-16-9-10(12)14-7-15-11(9)13-4-2-8-3-5-17-6-8/h7-8H,2-6H2,1H3,(H,13,14,15). The van der Waals surface area contributed by atoms with Crippen LogP contribution in [-0.4, -0.2) is 36.8 Å². The van der Waals surface area contributed by atoms with Crippen LogP contribution in [-0.2, 0) is 4.74 Å². The molecule has 0 radical (unpaired) electrons. The monoisotopic (exact) mass is 257 g/mol. The molecule has 94 valence electrons. The average Bonchev–Trinajstić information content (AvgIpc) is 2.82. The third kappa shape index (κ3) is 3.20. The molecule has 2 rings (SSSR count). The van der Waals surface area contributed by atoms with E-state index >= 15 is 0 Å². The van der Waals surface area contributed by atoms with Crippen LogP contribution in [0.1, 0.15) is 12.8 Å². The van der Waals surface area contributed by atoms with Gasteiger partial charge in [0.1, 0.15) is 6.33 Å². The molecular formula is C11H16ClN3O2. The van der Waals surface area contributed by atoms with Gasteiger partial charge in [-0.15, -0.1) is 0 Å². The van der Waals surface area contributed by atoms with Crippen molar-refractivity contribution in [1.82, 2.24) is 9.97 Å². The summed E-state index contributed by atoms with van der Waals surface area (Å²) in [5, 5.41) is 3.54. The van der Waals surface area contributed by atoms with Gasteiger partial charge in [-0.2, -0.15) is 0 Å². The van der Waals surface area contributed by atoms with E-state index in [0.717, 1.165) is 32.6 Å². The SMILES string of the molecule is COc1c(Cl)ncnc1NCCC1CCOC1. The Labute approximate surface area is 105 Å². The van der Waals surface area contributed by atoms with E-state index in [0.29, 0.717) is 22.6 Å². The molecule has 1 saturated heterocycles. The minimum atomic E-state index is 0.328. The number of methoxy groups -OCH3 is 1. The summed E-state index contributed by atoms with van der Waals surface area (Å²) in [5.74, 6) is 1.79. The van der Waals surface area contributed by atoms with Crippen molar-refractivity contribution in [2.24, 2.45) is 5.92 Å². The van der Waals surface area contributed by atoms with E-state index in [9.17, 15) is 0 Å². The van der Waals surface area contributed by atoms with Crippen LogP contribution >= 0.6 is 11.6 Å². The Balaban J connectivity index is 1.87. The van der Waals surface area contributed by atoms with Crippen LogP contribution in [0.15, 0.2) is 6.33 Å². The first-order valence-electron chi connectivity index (χ1n) is 5.67. The molecule has 1 unspecified atom stereocenters. The first kappa shape index (κ1) is 12.4. The molecule has 0 spiro atoms. The van der Waals surface area contributed by atoms with E-state index in [4.69, 9.17) is 21.1 Å². The van der Waals surface area contributed by atoms with Crippen LogP contribution in [0.5, 0.6) is 5.75 Å². The quantitative estimate of drug-likeness (QED) is 0.818. The number of anilines is 1. The highest BCUT2D eigenvalue weighted by atomic mass is 35.5. The Morgan fingerprint density at radius 2 is 2.47 bits per heavy atom. The number of hydrogen-bond acceptors (Lipinski definition) is 5. The van der Waals surface area contributed by atoms with E-state index in [1.165, 1.54) is 6.33 Å². The second-order valence-electron chi connectivity index (χ2n) is 3.99. The number of ether oxygens (including phenoxy) is 2. The van der Waals surface area contributed by atoms with Crippen LogP contribution in [0.25, 0.3) is 0 Å². The lowest BCUT2D eigenvalue weighted by Gasteiger charge is -2.12. The fourth-order valence-electron chi connectivity index (χ4n) is 1.86. The van der Waals surface area contributed by atoms with Gasteiger partial charge in [0.25, 0.3) is 0 Å². The molecule has 0 aliphatic carbocycles. The lowest BCUT2D eigenvalue weighted by molar-refractivity contribution is 0.185. The molecule has 1 atom stereocenters. The van der Waals surface area contributed by atoms with Crippen molar-refractivity contribution in [2.45, 2.75) is 12.8 Å². The Morgan fingerprint density at radius 1 is 1.59 bits per heavy atom. The van der Waals surface area contributed by atoms with Crippen molar-refractivity contribution in [2.75, 3.05) is 32.2 Å². The number of nitrogens with one attached hydrogen (secondary N) is 1. The third-order valence-electron chi connectivity index (χ3n) is 2.83. The van der Waals surface area contributed by atoms with E-state index in [1.807, 2.05) is 0 Å². The van der Waals surface area contributed by atoms with E-state index in [-0.39, 0.29) is 0 Å². The van der Waals surface area contributed by atoms with Gasteiger partial charge >= 0.3 is 0 Å². The normalized spacial score (nSPS) is 19.3. The number of halogens is 1. The first-order chi connectivity index (χ1) is 8.31. The predicted octanol–water partition coefficient (Wildman–Crippen LogP) is 1.98. The molecule has 2 heterocycles. The molecule has 1 aromatic rings. The van der Waals surface area contributed by atoms with Gasteiger partial charge in [0, 0.05) is 19.8 Å². The summed E-state index contributed by atoms with van der Waals surface area (Å²) in [6.45, 7) is 2.58. The van der Waals surface area contributed by atoms with Crippen molar-refractivity contribution in [3.05, 3.63) is 11.5 Å². The van der Waals surface area contributed by atoms with Gasteiger partial charge in [-0.3, -0.25) is 0 Å². The Hall–Kier alpha value is -1.07. The molecule has 5 nitrogen and oxygen atoms in total. The van der Waals surface area contributed by atoms with E-state index in [1.54, 1.807) is 7.11 Å². The van der Waals surface area contributed by atoms with E-state index in [2.05, 4.69) is 15.3 Å². The van der Waals surface area contributed by atoms with Gasteiger partial charge in [0.15, 0.2) is 16.7 Å². The Kier molecular flexibility index (Phi) is 4.39. The number of aromatic nitrogens is 2. The topological polar surface area (TPSA) is 56.3 Å². The first-order valence-corrected chi connectivity index (χ1v) is 6.05. The van der Waals surface area contributed by atoms with Gasteiger partial charge in [-0.05, 0) is 18.8 Å². The molecule has 6 heteroatoms. The van der Waals surface area contributed by atoms with Crippen LogP contribution < -0.4 is 10.1 Å². The molecule has 1 N–H and O–H groups in total. The molecule has 1 aliphatic rings. The molecule has 17 heavy (non-hydrogen) atoms. The van der Waals surface area contributed by atoms with Crippen LogP contribution in [0.4, 0.5) is 5.82 Å². The zero-order valence-corrected chi connectivity index (χ0v) is 10.5. The summed E-state index contributed by atoms with van der Waals surface area (Å²) in [7, 11) is 1.56. The predicted molar refractivity (Wildman–Crippen MR) is 65.6 cm³/mol.